The van der Waals surface area contributed by atoms with Crippen LogP contribution < -0.4 is 16.4 Å². The Labute approximate surface area is 184 Å². The summed E-state index contributed by atoms with van der Waals surface area (Å²) in [5.74, 6) is -0.852. The SMILES string of the molecule is CCc1cn2ncnc(N)c2c1-c1ccc(NC(=O)Nc2cc(C(F)(F)F)ccn2)c(F)c1. The lowest BCUT2D eigenvalue weighted by Crippen LogP contribution is -2.21. The van der Waals surface area contributed by atoms with E-state index < -0.39 is 23.6 Å². The van der Waals surface area contributed by atoms with Crippen molar-refractivity contribution in [3.8, 4) is 11.1 Å². The summed E-state index contributed by atoms with van der Waals surface area (Å²) in [7, 11) is 0. The fourth-order valence-electron chi connectivity index (χ4n) is 3.39. The van der Waals surface area contributed by atoms with Gasteiger partial charge < -0.3 is 11.1 Å². The van der Waals surface area contributed by atoms with Crippen LogP contribution in [0.1, 0.15) is 18.1 Å². The van der Waals surface area contributed by atoms with Gasteiger partial charge in [-0.2, -0.15) is 18.3 Å². The van der Waals surface area contributed by atoms with Gasteiger partial charge in [0, 0.05) is 18.0 Å². The number of nitrogens with zero attached hydrogens (tertiary/aromatic N) is 4. The van der Waals surface area contributed by atoms with Crippen molar-refractivity contribution in [2.45, 2.75) is 19.5 Å². The van der Waals surface area contributed by atoms with E-state index in [1.165, 1.54) is 18.5 Å². The van der Waals surface area contributed by atoms with Gasteiger partial charge in [0.05, 0.1) is 11.3 Å². The zero-order chi connectivity index (χ0) is 23.8. The summed E-state index contributed by atoms with van der Waals surface area (Å²) >= 11 is 0. The predicted molar refractivity (Wildman–Crippen MR) is 114 cm³/mol. The number of alkyl halides is 3. The third-order valence-electron chi connectivity index (χ3n) is 4.90. The number of halogens is 4. The summed E-state index contributed by atoms with van der Waals surface area (Å²) in [4.78, 5) is 19.8. The molecule has 170 valence electrons. The Balaban J connectivity index is 1.58. The molecule has 4 aromatic rings. The molecule has 1 aromatic carbocycles. The zero-order valence-electron chi connectivity index (χ0n) is 17.1. The Hall–Kier alpha value is -4.22. The topological polar surface area (TPSA) is 110 Å². The second kappa shape index (κ2) is 8.37. The van der Waals surface area contributed by atoms with Gasteiger partial charge in [0.1, 0.15) is 23.5 Å². The fraction of sp³-hybridized carbons (Fsp3) is 0.143. The van der Waals surface area contributed by atoms with Crippen LogP contribution in [0.15, 0.2) is 49.1 Å². The van der Waals surface area contributed by atoms with Crippen molar-refractivity contribution in [1.29, 1.82) is 0 Å². The smallest absolute Gasteiger partial charge is 0.382 e. The first-order valence-electron chi connectivity index (χ1n) is 9.69. The van der Waals surface area contributed by atoms with Crippen LogP contribution in [0.5, 0.6) is 0 Å². The second-order valence-electron chi connectivity index (χ2n) is 7.02. The van der Waals surface area contributed by atoms with Gasteiger partial charge in [0.15, 0.2) is 5.82 Å². The first-order chi connectivity index (χ1) is 15.7. The van der Waals surface area contributed by atoms with Crippen LogP contribution in [0.25, 0.3) is 16.6 Å². The van der Waals surface area contributed by atoms with Gasteiger partial charge in [0.25, 0.3) is 0 Å². The van der Waals surface area contributed by atoms with E-state index in [2.05, 4.69) is 25.7 Å². The number of urea groups is 1. The van der Waals surface area contributed by atoms with E-state index in [9.17, 15) is 22.4 Å². The highest BCUT2D eigenvalue weighted by atomic mass is 19.4. The van der Waals surface area contributed by atoms with Crippen molar-refractivity contribution < 1.29 is 22.4 Å². The molecule has 0 aliphatic carbocycles. The van der Waals surface area contributed by atoms with Gasteiger partial charge >= 0.3 is 12.2 Å². The first-order valence-corrected chi connectivity index (χ1v) is 9.69. The molecule has 0 spiro atoms. The maximum atomic E-state index is 14.8. The number of carbonyl (C=O) groups excluding carboxylic acids is 1. The molecule has 8 nitrogen and oxygen atoms in total. The number of benzene rings is 1. The van der Waals surface area contributed by atoms with E-state index in [1.54, 1.807) is 16.8 Å². The Kier molecular flexibility index (Phi) is 5.58. The molecule has 0 fully saturated rings. The Morgan fingerprint density at radius 3 is 2.64 bits per heavy atom. The predicted octanol–water partition coefficient (Wildman–Crippen LogP) is 4.74. The van der Waals surface area contributed by atoms with Crippen molar-refractivity contribution >= 4 is 28.9 Å². The number of aryl methyl sites for hydroxylation is 1. The number of amides is 2. The van der Waals surface area contributed by atoms with E-state index in [0.29, 0.717) is 29.1 Å². The molecule has 0 saturated carbocycles. The zero-order valence-corrected chi connectivity index (χ0v) is 17.1. The number of pyridine rings is 1. The van der Waals surface area contributed by atoms with E-state index in [-0.39, 0.29) is 17.3 Å². The van der Waals surface area contributed by atoms with Crippen LogP contribution in [0.2, 0.25) is 0 Å². The number of nitrogens with one attached hydrogen (secondary N) is 2. The summed E-state index contributed by atoms with van der Waals surface area (Å²) in [6.07, 6.45) is 0.0506. The normalized spacial score (nSPS) is 11.5. The lowest BCUT2D eigenvalue weighted by atomic mass is 10.0. The highest BCUT2D eigenvalue weighted by molar-refractivity contribution is 5.99. The number of rotatable bonds is 4. The first kappa shape index (κ1) is 22.0. The maximum Gasteiger partial charge on any atom is 0.416 e. The van der Waals surface area contributed by atoms with Crippen LogP contribution in [0.3, 0.4) is 0 Å². The molecule has 0 radical (unpaired) electrons. The summed E-state index contributed by atoms with van der Waals surface area (Å²) in [5.41, 5.74) is 7.42. The molecule has 4 rings (SSSR count). The van der Waals surface area contributed by atoms with Crippen LogP contribution in [-0.2, 0) is 12.6 Å². The van der Waals surface area contributed by atoms with Gasteiger partial charge in [0.2, 0.25) is 0 Å². The molecule has 0 bridgehead atoms. The van der Waals surface area contributed by atoms with Crippen molar-refractivity contribution in [3.05, 3.63) is 66.0 Å². The van der Waals surface area contributed by atoms with Crippen LogP contribution in [0.4, 0.5) is 39.7 Å². The largest absolute Gasteiger partial charge is 0.416 e. The monoisotopic (exact) mass is 459 g/mol. The molecule has 12 heteroatoms. The highest BCUT2D eigenvalue weighted by Gasteiger charge is 2.30. The molecule has 0 saturated heterocycles. The second-order valence-corrected chi connectivity index (χ2v) is 7.02. The minimum absolute atomic E-state index is 0.172. The molecular weight excluding hydrogens is 442 g/mol. The number of fused-ring (bicyclic) bond motifs is 1. The number of hydrogen-bond acceptors (Lipinski definition) is 5. The molecular formula is C21H17F4N7O. The van der Waals surface area contributed by atoms with E-state index in [0.717, 1.165) is 17.8 Å². The van der Waals surface area contributed by atoms with Gasteiger partial charge in [-0.3, -0.25) is 5.32 Å². The number of hydrogen-bond donors (Lipinski definition) is 3. The van der Waals surface area contributed by atoms with E-state index in [4.69, 9.17) is 5.73 Å². The van der Waals surface area contributed by atoms with E-state index >= 15 is 0 Å². The number of carbonyl (C=O) groups is 1. The Bertz CT molecular complexity index is 1350. The molecule has 0 aliphatic heterocycles. The third kappa shape index (κ3) is 4.40. The molecule has 2 amide bonds. The van der Waals surface area contributed by atoms with E-state index in [1.807, 2.05) is 6.92 Å². The van der Waals surface area contributed by atoms with Gasteiger partial charge in [-0.1, -0.05) is 13.0 Å². The van der Waals surface area contributed by atoms with Crippen molar-refractivity contribution in [2.75, 3.05) is 16.4 Å². The molecule has 0 unspecified atom stereocenters. The fourth-order valence-corrected chi connectivity index (χ4v) is 3.39. The maximum absolute atomic E-state index is 14.8. The van der Waals surface area contributed by atoms with Crippen LogP contribution in [0, 0.1) is 5.82 Å². The van der Waals surface area contributed by atoms with Gasteiger partial charge in [-0.05, 0) is 41.8 Å². The Morgan fingerprint density at radius 1 is 1.15 bits per heavy atom. The van der Waals surface area contributed by atoms with Crippen LogP contribution >= 0.6 is 0 Å². The van der Waals surface area contributed by atoms with Crippen molar-refractivity contribution in [1.82, 2.24) is 19.6 Å². The van der Waals surface area contributed by atoms with Gasteiger partial charge in [-0.25, -0.2) is 23.7 Å². The molecule has 3 aromatic heterocycles. The minimum Gasteiger partial charge on any atom is -0.382 e. The summed E-state index contributed by atoms with van der Waals surface area (Å²) < 4.78 is 54.8. The van der Waals surface area contributed by atoms with Crippen LogP contribution in [-0.4, -0.2) is 25.6 Å². The molecule has 3 heterocycles. The summed E-state index contributed by atoms with van der Waals surface area (Å²) in [6.45, 7) is 1.93. The summed E-state index contributed by atoms with van der Waals surface area (Å²) in [6, 6.07) is 4.65. The number of anilines is 3. The standard InChI is InChI=1S/C21H17F4N7O/c1-2-11-9-32-18(19(26)28-10-29-32)17(11)12-3-4-15(14(22)7-12)30-20(33)31-16-8-13(5-6-27-16)21(23,24)25/h3-10H,2H2,1H3,(H2,26,28,29)(H2,27,30,31,33). The number of nitrogen functional groups attached to an aromatic ring is 1. The van der Waals surface area contributed by atoms with Crippen molar-refractivity contribution in [2.24, 2.45) is 0 Å². The average Bonchev–Trinajstić information content (AvgIpc) is 3.15. The number of aromatic nitrogens is 4. The molecule has 0 atom stereocenters. The van der Waals surface area contributed by atoms with Gasteiger partial charge in [-0.15, -0.1) is 0 Å². The average molecular weight is 459 g/mol. The Morgan fingerprint density at radius 2 is 1.94 bits per heavy atom. The molecule has 33 heavy (non-hydrogen) atoms. The highest BCUT2D eigenvalue weighted by Crippen LogP contribution is 2.34. The lowest BCUT2D eigenvalue weighted by molar-refractivity contribution is -0.137. The molecule has 4 N–H and O–H groups in total. The quantitative estimate of drug-likeness (QED) is 0.382. The molecule has 0 aliphatic rings. The van der Waals surface area contributed by atoms with Crippen molar-refractivity contribution in [3.63, 3.8) is 0 Å². The minimum atomic E-state index is -4.59. The third-order valence-corrected chi connectivity index (χ3v) is 4.90. The lowest BCUT2D eigenvalue weighted by Gasteiger charge is -2.11. The summed E-state index contributed by atoms with van der Waals surface area (Å²) in [5, 5.41) is 8.55. The number of nitrogens with two attached hydrogens (primary N) is 1.